The first-order chi connectivity index (χ1) is 9.56. The first kappa shape index (κ1) is 14.2. The van der Waals surface area contributed by atoms with Gasteiger partial charge in [-0.1, -0.05) is 0 Å². The quantitative estimate of drug-likeness (QED) is 0.893. The topological polar surface area (TPSA) is 66.8 Å². The van der Waals surface area contributed by atoms with Gasteiger partial charge in [0.1, 0.15) is 5.82 Å². The maximum absolute atomic E-state index is 4.52. The van der Waals surface area contributed by atoms with Gasteiger partial charge in [-0.05, 0) is 13.8 Å². The Bertz CT molecular complexity index is 555. The molecule has 2 aromatic rings. The molecule has 0 fully saturated rings. The number of hydrogen-bond donors (Lipinski definition) is 1. The van der Waals surface area contributed by atoms with Crippen LogP contribution in [-0.2, 0) is 6.42 Å². The molecular weight excluding hydrogens is 252 g/mol. The summed E-state index contributed by atoms with van der Waals surface area (Å²) in [5.41, 5.74) is 2.01. The molecule has 0 saturated carbocycles. The summed E-state index contributed by atoms with van der Waals surface area (Å²) in [5, 5.41) is 3.30. The summed E-state index contributed by atoms with van der Waals surface area (Å²) in [4.78, 5) is 19.2. The number of nitrogens with zero attached hydrogens (tertiary/aromatic N) is 5. The molecule has 2 aromatic heterocycles. The molecule has 0 aliphatic rings. The highest BCUT2D eigenvalue weighted by atomic mass is 15.2. The van der Waals surface area contributed by atoms with E-state index in [0.29, 0.717) is 5.95 Å². The molecule has 106 valence electrons. The predicted molar refractivity (Wildman–Crippen MR) is 79.9 cm³/mol. The molecular formula is C14H20N6. The van der Waals surface area contributed by atoms with Crippen LogP contribution in [0.15, 0.2) is 24.8 Å². The lowest BCUT2D eigenvalue weighted by molar-refractivity contribution is 0.753. The van der Waals surface area contributed by atoms with Gasteiger partial charge >= 0.3 is 0 Å². The molecule has 0 aromatic carbocycles. The minimum atomic E-state index is 0.185. The van der Waals surface area contributed by atoms with Gasteiger partial charge in [0.05, 0.1) is 5.69 Å². The number of aromatic nitrogens is 4. The average molecular weight is 272 g/mol. The van der Waals surface area contributed by atoms with E-state index < -0.39 is 0 Å². The van der Waals surface area contributed by atoms with E-state index >= 15 is 0 Å². The van der Waals surface area contributed by atoms with E-state index in [-0.39, 0.29) is 6.04 Å². The molecule has 2 rings (SSSR count). The molecule has 6 nitrogen and oxygen atoms in total. The van der Waals surface area contributed by atoms with Crippen molar-refractivity contribution >= 4 is 11.8 Å². The monoisotopic (exact) mass is 272 g/mol. The zero-order valence-electron chi connectivity index (χ0n) is 12.3. The van der Waals surface area contributed by atoms with Gasteiger partial charge in [0.15, 0.2) is 0 Å². The summed E-state index contributed by atoms with van der Waals surface area (Å²) in [7, 11) is 3.95. The summed E-state index contributed by atoms with van der Waals surface area (Å²) >= 11 is 0. The fourth-order valence-electron chi connectivity index (χ4n) is 1.98. The number of nitrogens with one attached hydrogen (secondary N) is 1. The van der Waals surface area contributed by atoms with Crippen molar-refractivity contribution < 1.29 is 0 Å². The standard InChI is InChI=1S/C14H20N6/c1-10-8-17-14(19-13(10)20(3)4)18-11(2)7-12-9-15-5-6-16-12/h5-6,8-9,11H,7H2,1-4H3,(H,17,18,19)/t11-/m0/s1. The first-order valence-electron chi connectivity index (χ1n) is 6.58. The van der Waals surface area contributed by atoms with E-state index in [1.807, 2.05) is 32.1 Å². The van der Waals surface area contributed by atoms with Crippen molar-refractivity contribution in [3.8, 4) is 0 Å². The van der Waals surface area contributed by atoms with E-state index in [9.17, 15) is 0 Å². The van der Waals surface area contributed by atoms with Crippen molar-refractivity contribution in [2.24, 2.45) is 0 Å². The highest BCUT2D eigenvalue weighted by Gasteiger charge is 2.09. The van der Waals surface area contributed by atoms with Crippen LogP contribution in [-0.4, -0.2) is 40.1 Å². The van der Waals surface area contributed by atoms with Crippen molar-refractivity contribution in [2.75, 3.05) is 24.3 Å². The first-order valence-corrected chi connectivity index (χ1v) is 6.58. The molecule has 0 saturated heterocycles. The Morgan fingerprint density at radius 3 is 2.65 bits per heavy atom. The predicted octanol–water partition coefficient (Wildman–Crippen LogP) is 1.68. The summed E-state index contributed by atoms with van der Waals surface area (Å²) in [6.07, 6.45) is 7.77. The lowest BCUT2D eigenvalue weighted by Crippen LogP contribution is -2.21. The molecule has 0 unspecified atom stereocenters. The van der Waals surface area contributed by atoms with Crippen LogP contribution in [0.25, 0.3) is 0 Å². The normalized spacial score (nSPS) is 12.0. The van der Waals surface area contributed by atoms with Crippen LogP contribution in [0.4, 0.5) is 11.8 Å². The highest BCUT2D eigenvalue weighted by Crippen LogP contribution is 2.15. The second kappa shape index (κ2) is 6.27. The Morgan fingerprint density at radius 1 is 1.20 bits per heavy atom. The van der Waals surface area contributed by atoms with Crippen molar-refractivity contribution in [3.05, 3.63) is 36.0 Å². The van der Waals surface area contributed by atoms with Crippen molar-refractivity contribution in [1.82, 2.24) is 19.9 Å². The fraction of sp³-hybridized carbons (Fsp3) is 0.429. The molecule has 6 heteroatoms. The minimum absolute atomic E-state index is 0.185. The van der Waals surface area contributed by atoms with Crippen molar-refractivity contribution in [3.63, 3.8) is 0 Å². The van der Waals surface area contributed by atoms with Gasteiger partial charge in [0.2, 0.25) is 5.95 Å². The Balaban J connectivity index is 2.04. The zero-order chi connectivity index (χ0) is 14.5. The SMILES string of the molecule is Cc1cnc(N[C@@H](C)Cc2cnccn2)nc1N(C)C. The van der Waals surface area contributed by atoms with E-state index in [1.54, 1.807) is 18.6 Å². The van der Waals surface area contributed by atoms with Gasteiger partial charge < -0.3 is 10.2 Å². The van der Waals surface area contributed by atoms with Gasteiger partial charge in [-0.3, -0.25) is 9.97 Å². The molecule has 0 aliphatic heterocycles. The largest absolute Gasteiger partial charge is 0.362 e. The second-order valence-electron chi connectivity index (χ2n) is 5.04. The van der Waals surface area contributed by atoms with Gasteiger partial charge in [0.25, 0.3) is 0 Å². The molecule has 0 radical (unpaired) electrons. The molecule has 0 bridgehead atoms. The van der Waals surface area contributed by atoms with Crippen LogP contribution >= 0.6 is 0 Å². The summed E-state index contributed by atoms with van der Waals surface area (Å²) in [5.74, 6) is 1.56. The molecule has 1 N–H and O–H groups in total. The maximum atomic E-state index is 4.52. The van der Waals surface area contributed by atoms with Crippen molar-refractivity contribution in [1.29, 1.82) is 0 Å². The molecule has 0 aliphatic carbocycles. The zero-order valence-corrected chi connectivity index (χ0v) is 12.3. The highest BCUT2D eigenvalue weighted by molar-refractivity contribution is 5.47. The summed E-state index contributed by atoms with van der Waals surface area (Å²) in [6, 6.07) is 0.185. The van der Waals surface area contributed by atoms with Gasteiger partial charge in [-0.15, -0.1) is 0 Å². The average Bonchev–Trinajstić information content (AvgIpc) is 2.41. The molecule has 20 heavy (non-hydrogen) atoms. The molecule has 0 spiro atoms. The summed E-state index contributed by atoms with van der Waals surface area (Å²) in [6.45, 7) is 4.08. The lowest BCUT2D eigenvalue weighted by atomic mass is 10.2. The third-order valence-electron chi connectivity index (χ3n) is 2.88. The Morgan fingerprint density at radius 2 is 2.00 bits per heavy atom. The minimum Gasteiger partial charge on any atom is -0.362 e. The Hall–Kier alpha value is -2.24. The Kier molecular flexibility index (Phi) is 4.45. The van der Waals surface area contributed by atoms with Crippen LogP contribution in [0.2, 0.25) is 0 Å². The van der Waals surface area contributed by atoms with Gasteiger partial charge in [-0.25, -0.2) is 4.98 Å². The van der Waals surface area contributed by atoms with E-state index in [2.05, 4.69) is 32.2 Å². The molecule has 0 amide bonds. The van der Waals surface area contributed by atoms with Crippen LogP contribution < -0.4 is 10.2 Å². The number of anilines is 2. The van der Waals surface area contributed by atoms with Crippen LogP contribution in [0.5, 0.6) is 0 Å². The lowest BCUT2D eigenvalue weighted by Gasteiger charge is -2.17. The number of rotatable bonds is 5. The molecule has 2 heterocycles. The third kappa shape index (κ3) is 3.63. The van der Waals surface area contributed by atoms with Gasteiger partial charge in [-0.2, -0.15) is 4.98 Å². The van der Waals surface area contributed by atoms with E-state index in [0.717, 1.165) is 23.5 Å². The van der Waals surface area contributed by atoms with Crippen molar-refractivity contribution in [2.45, 2.75) is 26.3 Å². The smallest absolute Gasteiger partial charge is 0.224 e. The van der Waals surface area contributed by atoms with E-state index in [1.165, 1.54) is 0 Å². The number of aryl methyl sites for hydroxylation is 1. The molecule has 1 atom stereocenters. The van der Waals surface area contributed by atoms with Crippen LogP contribution in [0.3, 0.4) is 0 Å². The third-order valence-corrected chi connectivity index (χ3v) is 2.88. The fourth-order valence-corrected chi connectivity index (χ4v) is 1.98. The van der Waals surface area contributed by atoms with E-state index in [4.69, 9.17) is 0 Å². The van der Waals surface area contributed by atoms with Gasteiger partial charge in [0, 0.05) is 56.9 Å². The Labute approximate surface area is 119 Å². The number of hydrogen-bond acceptors (Lipinski definition) is 6. The van der Waals surface area contributed by atoms with Crippen LogP contribution in [0.1, 0.15) is 18.2 Å². The maximum Gasteiger partial charge on any atom is 0.224 e. The second-order valence-corrected chi connectivity index (χ2v) is 5.04. The van der Waals surface area contributed by atoms with Crippen LogP contribution in [0, 0.1) is 6.92 Å². The summed E-state index contributed by atoms with van der Waals surface area (Å²) < 4.78 is 0.